The molecule has 0 bridgehead atoms. The van der Waals surface area contributed by atoms with Crippen LogP contribution in [0.25, 0.3) is 0 Å². The van der Waals surface area contributed by atoms with Gasteiger partial charge < -0.3 is 10.6 Å². The summed E-state index contributed by atoms with van der Waals surface area (Å²) in [5.74, 6) is 0. The van der Waals surface area contributed by atoms with Gasteiger partial charge in [-0.15, -0.1) is 0 Å². The topological polar surface area (TPSA) is 24.1 Å². The quantitative estimate of drug-likeness (QED) is 0.507. The van der Waals surface area contributed by atoms with Gasteiger partial charge in [0.25, 0.3) is 0 Å². The fraction of sp³-hybridized carbons (Fsp3) is 1.00. The van der Waals surface area contributed by atoms with Crippen LogP contribution in [0, 0.1) is 5.41 Å². The lowest BCUT2D eigenvalue weighted by Gasteiger charge is -2.41. The van der Waals surface area contributed by atoms with Crippen molar-refractivity contribution >= 4 is 0 Å². The van der Waals surface area contributed by atoms with E-state index in [0.29, 0.717) is 5.41 Å². The zero-order chi connectivity index (χ0) is 6.86. The predicted octanol–water partition coefficient (Wildman–Crippen LogP) is 0.349. The Kier molecular flexibility index (Phi) is 1.66. The summed E-state index contributed by atoms with van der Waals surface area (Å²) in [4.78, 5) is 0. The molecular weight excluding hydrogens is 124 g/mol. The Morgan fingerprint density at radius 1 is 0.900 bits per heavy atom. The van der Waals surface area contributed by atoms with Crippen LogP contribution in [0.4, 0.5) is 0 Å². The molecule has 1 saturated heterocycles. The molecule has 0 amide bonds. The molecule has 2 nitrogen and oxygen atoms in total. The summed E-state index contributed by atoms with van der Waals surface area (Å²) in [6.07, 6.45) is 4.32. The number of nitrogens with one attached hydrogen (secondary N) is 2. The van der Waals surface area contributed by atoms with Gasteiger partial charge in [0.1, 0.15) is 0 Å². The van der Waals surface area contributed by atoms with E-state index in [4.69, 9.17) is 0 Å². The van der Waals surface area contributed by atoms with Gasteiger partial charge in [0.05, 0.1) is 0 Å². The highest BCUT2D eigenvalue weighted by Gasteiger charge is 2.36. The molecule has 0 atom stereocenters. The van der Waals surface area contributed by atoms with Crippen molar-refractivity contribution in [1.82, 2.24) is 10.6 Å². The van der Waals surface area contributed by atoms with Gasteiger partial charge in [0, 0.05) is 26.2 Å². The Balaban J connectivity index is 1.92. The number of hydrogen-bond acceptors (Lipinski definition) is 2. The SMILES string of the molecule is C1CC2(C1)CNCCNC2. The van der Waals surface area contributed by atoms with Crippen LogP contribution in [-0.4, -0.2) is 26.2 Å². The predicted molar refractivity (Wildman–Crippen MR) is 42.0 cm³/mol. The fourth-order valence-corrected chi connectivity index (χ4v) is 1.98. The van der Waals surface area contributed by atoms with Crippen molar-refractivity contribution in [2.24, 2.45) is 5.41 Å². The lowest BCUT2D eigenvalue weighted by atomic mass is 9.69. The molecule has 0 aromatic rings. The van der Waals surface area contributed by atoms with Gasteiger partial charge in [-0.25, -0.2) is 0 Å². The first-order chi connectivity index (χ1) is 4.91. The number of hydrogen-bond donors (Lipinski definition) is 2. The van der Waals surface area contributed by atoms with Crippen molar-refractivity contribution in [3.8, 4) is 0 Å². The van der Waals surface area contributed by atoms with E-state index in [0.717, 1.165) is 13.1 Å². The molecule has 2 fully saturated rings. The zero-order valence-corrected chi connectivity index (χ0v) is 6.45. The lowest BCUT2D eigenvalue weighted by molar-refractivity contribution is 0.140. The van der Waals surface area contributed by atoms with Crippen LogP contribution in [0.2, 0.25) is 0 Å². The van der Waals surface area contributed by atoms with E-state index in [1.165, 1.54) is 32.4 Å². The van der Waals surface area contributed by atoms with Crippen molar-refractivity contribution in [1.29, 1.82) is 0 Å². The van der Waals surface area contributed by atoms with E-state index in [-0.39, 0.29) is 0 Å². The molecule has 0 aromatic carbocycles. The summed E-state index contributed by atoms with van der Waals surface area (Å²) < 4.78 is 0. The highest BCUT2D eigenvalue weighted by molar-refractivity contribution is 4.92. The third kappa shape index (κ3) is 1.06. The third-order valence-electron chi connectivity index (χ3n) is 2.89. The zero-order valence-electron chi connectivity index (χ0n) is 6.45. The van der Waals surface area contributed by atoms with E-state index in [2.05, 4.69) is 10.6 Å². The molecule has 1 saturated carbocycles. The monoisotopic (exact) mass is 140 g/mol. The fourth-order valence-electron chi connectivity index (χ4n) is 1.98. The Morgan fingerprint density at radius 2 is 1.50 bits per heavy atom. The van der Waals surface area contributed by atoms with E-state index < -0.39 is 0 Å². The molecule has 2 heteroatoms. The van der Waals surface area contributed by atoms with Crippen molar-refractivity contribution in [3.63, 3.8) is 0 Å². The average molecular weight is 140 g/mol. The molecule has 58 valence electrons. The molecule has 1 aliphatic carbocycles. The van der Waals surface area contributed by atoms with Crippen LogP contribution >= 0.6 is 0 Å². The molecular formula is C8H16N2. The second kappa shape index (κ2) is 2.51. The first kappa shape index (κ1) is 6.62. The minimum atomic E-state index is 0.663. The van der Waals surface area contributed by atoms with Gasteiger partial charge >= 0.3 is 0 Å². The van der Waals surface area contributed by atoms with Gasteiger partial charge in [-0.3, -0.25) is 0 Å². The first-order valence-electron chi connectivity index (χ1n) is 4.33. The minimum Gasteiger partial charge on any atom is -0.315 e. The van der Waals surface area contributed by atoms with Crippen LogP contribution in [-0.2, 0) is 0 Å². The van der Waals surface area contributed by atoms with Gasteiger partial charge in [-0.1, -0.05) is 6.42 Å². The van der Waals surface area contributed by atoms with Crippen LogP contribution in [0.5, 0.6) is 0 Å². The second-order valence-electron chi connectivity index (χ2n) is 3.71. The molecule has 2 aliphatic rings. The van der Waals surface area contributed by atoms with E-state index in [1.54, 1.807) is 0 Å². The molecule has 10 heavy (non-hydrogen) atoms. The normalized spacial score (nSPS) is 31.2. The van der Waals surface area contributed by atoms with Gasteiger partial charge in [-0.05, 0) is 18.3 Å². The smallest absolute Gasteiger partial charge is 0.00769 e. The second-order valence-corrected chi connectivity index (χ2v) is 3.71. The Hall–Kier alpha value is -0.0800. The molecule has 1 spiro atoms. The highest BCUT2D eigenvalue weighted by atomic mass is 15.0. The lowest BCUT2D eigenvalue weighted by Crippen LogP contribution is -2.43. The maximum atomic E-state index is 3.48. The summed E-state index contributed by atoms with van der Waals surface area (Å²) in [6, 6.07) is 0. The maximum absolute atomic E-state index is 3.48. The Labute approximate surface area is 62.4 Å². The van der Waals surface area contributed by atoms with Crippen LogP contribution < -0.4 is 10.6 Å². The molecule has 2 rings (SSSR count). The summed E-state index contributed by atoms with van der Waals surface area (Å²) in [5, 5.41) is 6.96. The van der Waals surface area contributed by atoms with Gasteiger partial charge in [0.15, 0.2) is 0 Å². The molecule has 0 aromatic heterocycles. The van der Waals surface area contributed by atoms with E-state index in [9.17, 15) is 0 Å². The standard InChI is InChI=1S/C8H16N2/c1-2-8(3-1)6-9-4-5-10-7-8/h9-10H,1-7H2. The molecule has 0 radical (unpaired) electrons. The Morgan fingerprint density at radius 3 is 1.90 bits per heavy atom. The number of rotatable bonds is 0. The van der Waals surface area contributed by atoms with Crippen LogP contribution in [0.1, 0.15) is 19.3 Å². The van der Waals surface area contributed by atoms with Crippen molar-refractivity contribution in [2.75, 3.05) is 26.2 Å². The molecule has 1 heterocycles. The van der Waals surface area contributed by atoms with Gasteiger partial charge in [0.2, 0.25) is 0 Å². The summed E-state index contributed by atoms with van der Waals surface area (Å²) in [7, 11) is 0. The van der Waals surface area contributed by atoms with Crippen LogP contribution in [0.15, 0.2) is 0 Å². The van der Waals surface area contributed by atoms with Crippen molar-refractivity contribution in [2.45, 2.75) is 19.3 Å². The molecule has 0 unspecified atom stereocenters. The molecule has 2 N–H and O–H groups in total. The maximum Gasteiger partial charge on any atom is 0.00769 e. The third-order valence-corrected chi connectivity index (χ3v) is 2.89. The first-order valence-corrected chi connectivity index (χ1v) is 4.33. The summed E-state index contributed by atoms with van der Waals surface area (Å²) in [6.45, 7) is 4.81. The van der Waals surface area contributed by atoms with E-state index >= 15 is 0 Å². The van der Waals surface area contributed by atoms with Crippen LogP contribution in [0.3, 0.4) is 0 Å². The minimum absolute atomic E-state index is 0.663. The summed E-state index contributed by atoms with van der Waals surface area (Å²) in [5.41, 5.74) is 0.663. The van der Waals surface area contributed by atoms with Crippen molar-refractivity contribution < 1.29 is 0 Å². The summed E-state index contributed by atoms with van der Waals surface area (Å²) >= 11 is 0. The molecule has 1 aliphatic heterocycles. The largest absolute Gasteiger partial charge is 0.315 e. The van der Waals surface area contributed by atoms with E-state index in [1.807, 2.05) is 0 Å². The highest BCUT2D eigenvalue weighted by Crippen LogP contribution is 2.39. The van der Waals surface area contributed by atoms with Crippen molar-refractivity contribution in [3.05, 3.63) is 0 Å². The van der Waals surface area contributed by atoms with Gasteiger partial charge in [-0.2, -0.15) is 0 Å². The Bertz CT molecular complexity index is 108. The average Bonchev–Trinajstić information content (AvgIpc) is 2.08.